The molecule has 4 rings (SSSR count). The average Bonchev–Trinajstić information content (AvgIpc) is 3.66. The maximum absolute atomic E-state index is 14.1. The number of pyridine rings is 1. The number of amides is 1. The Bertz CT molecular complexity index is 1090. The molecule has 190 valence electrons. The van der Waals surface area contributed by atoms with Crippen LogP contribution in [0.15, 0.2) is 18.3 Å². The molecule has 5 nitrogen and oxygen atoms in total. The fraction of sp³-hybridized carbons (Fsp3) is 0.593. The zero-order chi connectivity index (χ0) is 25.2. The van der Waals surface area contributed by atoms with Crippen molar-refractivity contribution in [2.24, 2.45) is 11.8 Å². The lowest BCUT2D eigenvalue weighted by Gasteiger charge is -2.34. The number of unbranched alkanes of at least 4 members (excludes halogenated alkanes) is 1. The van der Waals surface area contributed by atoms with Crippen LogP contribution < -0.4 is 10.2 Å². The molecule has 1 N–H and O–H groups in total. The van der Waals surface area contributed by atoms with Crippen LogP contribution in [-0.2, 0) is 17.4 Å². The summed E-state index contributed by atoms with van der Waals surface area (Å²) in [5.41, 5.74) is 0.938. The van der Waals surface area contributed by atoms with E-state index in [1.54, 1.807) is 11.0 Å². The minimum atomic E-state index is -4.54. The molecule has 0 unspecified atom stereocenters. The molecule has 1 aliphatic heterocycles. The smallest absolute Gasteiger partial charge is 0.371 e. The van der Waals surface area contributed by atoms with Gasteiger partial charge in [0.25, 0.3) is 0 Å². The minimum absolute atomic E-state index is 0.0102. The summed E-state index contributed by atoms with van der Waals surface area (Å²) in [6.45, 7) is 5.35. The van der Waals surface area contributed by atoms with Crippen LogP contribution in [0.2, 0.25) is 0 Å². The number of hydrogen-bond donors (Lipinski definition) is 1. The average molecular weight is 490 g/mol. The lowest BCUT2D eigenvalue weighted by atomic mass is 9.92. The van der Waals surface area contributed by atoms with Gasteiger partial charge in [0.15, 0.2) is 5.78 Å². The highest BCUT2D eigenvalue weighted by molar-refractivity contribution is 6.02. The van der Waals surface area contributed by atoms with E-state index in [2.05, 4.69) is 17.2 Å². The summed E-state index contributed by atoms with van der Waals surface area (Å²) in [4.78, 5) is 31.3. The van der Waals surface area contributed by atoms with Gasteiger partial charge < -0.3 is 10.2 Å². The molecule has 2 aromatic rings. The highest BCUT2D eigenvalue weighted by atomic mass is 19.4. The maximum atomic E-state index is 14.1. The van der Waals surface area contributed by atoms with Crippen molar-refractivity contribution in [2.75, 3.05) is 24.5 Å². The van der Waals surface area contributed by atoms with Crippen molar-refractivity contribution >= 4 is 28.3 Å². The number of nitrogens with one attached hydrogen (secondary N) is 1. The van der Waals surface area contributed by atoms with Crippen LogP contribution in [0.1, 0.15) is 80.3 Å². The molecule has 1 aliphatic carbocycles. The van der Waals surface area contributed by atoms with E-state index in [4.69, 9.17) is 0 Å². The number of aryl methyl sites for hydroxylation is 1. The lowest BCUT2D eigenvalue weighted by molar-refractivity contribution is -0.137. The first-order valence-corrected chi connectivity index (χ1v) is 12.8. The summed E-state index contributed by atoms with van der Waals surface area (Å²) in [6.07, 6.45) is 2.95. The van der Waals surface area contributed by atoms with E-state index in [-0.39, 0.29) is 28.8 Å². The van der Waals surface area contributed by atoms with Gasteiger partial charge in [0, 0.05) is 54.8 Å². The molecule has 0 radical (unpaired) electrons. The van der Waals surface area contributed by atoms with Crippen molar-refractivity contribution in [1.82, 2.24) is 10.3 Å². The van der Waals surface area contributed by atoms with Crippen molar-refractivity contribution in [3.8, 4) is 0 Å². The van der Waals surface area contributed by atoms with Crippen molar-refractivity contribution in [1.29, 1.82) is 0 Å². The van der Waals surface area contributed by atoms with Gasteiger partial charge in [-0.3, -0.25) is 14.6 Å². The third kappa shape index (κ3) is 5.78. The molecule has 1 aromatic heterocycles. The second kappa shape index (κ2) is 10.5. The van der Waals surface area contributed by atoms with Gasteiger partial charge >= 0.3 is 6.18 Å². The molecular weight excluding hydrogens is 455 g/mol. The van der Waals surface area contributed by atoms with Crippen LogP contribution in [0.3, 0.4) is 0 Å². The number of carbonyl (C=O) groups is 2. The number of fused-ring (bicyclic) bond motifs is 1. The Kier molecular flexibility index (Phi) is 7.67. The standard InChI is InChI=1S/C27H34F3N3O2/c1-3-5-10-31-26(35)18-8-11-33(12-9-18)24-14-20-19(4-2)21(25(34)13-17-6-7-17)16-32-23(20)15-22(24)27(28,29)30/h14-18H,3-13H2,1-2H3,(H,31,35). The summed E-state index contributed by atoms with van der Waals surface area (Å²) in [5, 5.41) is 3.55. The zero-order valence-electron chi connectivity index (χ0n) is 20.5. The molecule has 2 aliphatic rings. The molecule has 1 saturated carbocycles. The maximum Gasteiger partial charge on any atom is 0.418 e. The fourth-order valence-electron chi connectivity index (χ4n) is 5.00. The molecule has 8 heteroatoms. The molecule has 2 fully saturated rings. The van der Waals surface area contributed by atoms with Crippen LogP contribution >= 0.6 is 0 Å². The van der Waals surface area contributed by atoms with Crippen molar-refractivity contribution in [3.05, 3.63) is 35.0 Å². The van der Waals surface area contributed by atoms with Crippen LogP contribution in [0, 0.1) is 11.8 Å². The summed E-state index contributed by atoms with van der Waals surface area (Å²) >= 11 is 0. The Morgan fingerprint density at radius 2 is 1.83 bits per heavy atom. The van der Waals surface area contributed by atoms with Gasteiger partial charge in [0.2, 0.25) is 5.91 Å². The summed E-state index contributed by atoms with van der Waals surface area (Å²) in [6, 6.07) is 2.68. The van der Waals surface area contributed by atoms with Crippen LogP contribution in [0.25, 0.3) is 10.9 Å². The number of anilines is 1. The van der Waals surface area contributed by atoms with E-state index < -0.39 is 11.7 Å². The number of hydrogen-bond acceptors (Lipinski definition) is 4. The van der Waals surface area contributed by atoms with E-state index in [1.165, 1.54) is 6.20 Å². The normalized spacial score (nSPS) is 17.1. The van der Waals surface area contributed by atoms with Gasteiger partial charge in [0.05, 0.1) is 11.1 Å². The van der Waals surface area contributed by atoms with Gasteiger partial charge in [0.1, 0.15) is 0 Å². The first-order valence-electron chi connectivity index (χ1n) is 12.8. The highest BCUT2D eigenvalue weighted by Gasteiger charge is 2.37. The molecule has 1 saturated heterocycles. The van der Waals surface area contributed by atoms with E-state index in [1.807, 2.05) is 6.92 Å². The van der Waals surface area contributed by atoms with Crippen molar-refractivity contribution in [3.63, 3.8) is 0 Å². The van der Waals surface area contributed by atoms with Crippen molar-refractivity contribution < 1.29 is 22.8 Å². The van der Waals surface area contributed by atoms with Gasteiger partial charge in [-0.05, 0) is 62.1 Å². The second-order valence-corrected chi connectivity index (χ2v) is 9.86. The van der Waals surface area contributed by atoms with E-state index in [9.17, 15) is 22.8 Å². The topological polar surface area (TPSA) is 62.3 Å². The monoisotopic (exact) mass is 489 g/mol. The predicted molar refractivity (Wildman–Crippen MR) is 131 cm³/mol. The molecular formula is C27H34F3N3O2. The minimum Gasteiger partial charge on any atom is -0.371 e. The van der Waals surface area contributed by atoms with E-state index in [0.29, 0.717) is 62.2 Å². The first-order chi connectivity index (χ1) is 16.7. The summed E-state index contributed by atoms with van der Waals surface area (Å²) < 4.78 is 42.2. The Morgan fingerprint density at radius 1 is 1.11 bits per heavy atom. The lowest BCUT2D eigenvalue weighted by Crippen LogP contribution is -2.41. The number of piperidine rings is 1. The molecule has 1 amide bonds. The van der Waals surface area contributed by atoms with Crippen molar-refractivity contribution in [2.45, 2.75) is 71.4 Å². The molecule has 0 bridgehead atoms. The van der Waals surface area contributed by atoms with Gasteiger partial charge in [-0.25, -0.2) is 0 Å². The highest BCUT2D eigenvalue weighted by Crippen LogP contribution is 2.41. The fourth-order valence-corrected chi connectivity index (χ4v) is 5.00. The molecule has 35 heavy (non-hydrogen) atoms. The van der Waals surface area contributed by atoms with Gasteiger partial charge in [-0.1, -0.05) is 20.3 Å². The summed E-state index contributed by atoms with van der Waals surface area (Å²) in [7, 11) is 0. The Balaban J connectivity index is 1.64. The number of aromatic nitrogens is 1. The third-order valence-corrected chi connectivity index (χ3v) is 7.26. The number of carbonyl (C=O) groups excluding carboxylic acids is 2. The van der Waals surface area contributed by atoms with Crippen LogP contribution in [0.4, 0.5) is 18.9 Å². The van der Waals surface area contributed by atoms with Gasteiger partial charge in [-0.2, -0.15) is 13.2 Å². The number of ketones is 1. The summed E-state index contributed by atoms with van der Waals surface area (Å²) in [5.74, 6) is 0.253. The number of rotatable bonds is 9. The number of Topliss-reactive ketones (excluding diaryl/α,β-unsaturated/α-hetero) is 1. The first kappa shape index (κ1) is 25.5. The van der Waals surface area contributed by atoms with Crippen LogP contribution in [0.5, 0.6) is 0 Å². The molecule has 1 aromatic carbocycles. The van der Waals surface area contributed by atoms with E-state index in [0.717, 1.165) is 37.3 Å². The molecule has 2 heterocycles. The quantitative estimate of drug-likeness (QED) is 0.350. The number of alkyl halides is 3. The number of nitrogens with zero attached hydrogens (tertiary/aromatic N) is 2. The zero-order valence-corrected chi connectivity index (χ0v) is 20.5. The van der Waals surface area contributed by atoms with Crippen LogP contribution in [-0.4, -0.2) is 36.3 Å². The number of halogens is 3. The van der Waals surface area contributed by atoms with E-state index >= 15 is 0 Å². The molecule has 0 spiro atoms. The van der Waals surface area contributed by atoms with Gasteiger partial charge in [-0.15, -0.1) is 0 Å². The second-order valence-electron chi connectivity index (χ2n) is 9.86. The third-order valence-electron chi connectivity index (χ3n) is 7.26. The SMILES string of the molecule is CCCCNC(=O)C1CCN(c2cc3c(CC)c(C(=O)CC4CC4)cnc3cc2C(F)(F)F)CC1. The number of benzene rings is 1. The predicted octanol–water partition coefficient (Wildman–Crippen LogP) is 5.93. The largest absolute Gasteiger partial charge is 0.418 e. The Labute approximate surface area is 204 Å². The Morgan fingerprint density at radius 3 is 2.43 bits per heavy atom. The Hall–Kier alpha value is -2.64. The molecule has 0 atom stereocenters.